The second-order valence-electron chi connectivity index (χ2n) is 17.3. The molecule has 0 bridgehead atoms. The number of aryl methyl sites for hydroxylation is 6. The van der Waals surface area contributed by atoms with Crippen molar-refractivity contribution in [1.29, 1.82) is 0 Å². The minimum atomic E-state index is -0.651. The van der Waals surface area contributed by atoms with E-state index in [-0.39, 0.29) is 30.0 Å². The molecule has 1 atom stereocenters. The number of imide groups is 1. The van der Waals surface area contributed by atoms with E-state index in [2.05, 4.69) is 68.4 Å². The van der Waals surface area contributed by atoms with Crippen LogP contribution in [0.15, 0.2) is 53.4 Å². The second kappa shape index (κ2) is 17.0. The maximum atomic E-state index is 13.7. The number of aromatic nitrogens is 8. The number of carbonyl (C=O) groups is 4. The Bertz CT molecular complexity index is 3010. The Morgan fingerprint density at radius 2 is 1.86 bits per heavy atom. The van der Waals surface area contributed by atoms with Crippen molar-refractivity contribution >= 4 is 62.9 Å². The summed E-state index contributed by atoms with van der Waals surface area (Å²) in [6.45, 7) is 10.8. The van der Waals surface area contributed by atoms with Crippen molar-refractivity contribution in [2.24, 2.45) is 0 Å². The van der Waals surface area contributed by atoms with Gasteiger partial charge < -0.3 is 34.9 Å². The van der Waals surface area contributed by atoms with Gasteiger partial charge >= 0.3 is 0 Å². The number of imidazole rings is 1. The first-order chi connectivity index (χ1) is 31.5. The minimum absolute atomic E-state index is 0.0517. The lowest BCUT2D eigenvalue weighted by Crippen LogP contribution is -2.52. The number of aromatic amines is 1. The summed E-state index contributed by atoms with van der Waals surface area (Å²) in [4.78, 5) is 70.4. The maximum absolute atomic E-state index is 13.7. The summed E-state index contributed by atoms with van der Waals surface area (Å²) in [6, 6.07) is 11.2. The summed E-state index contributed by atoms with van der Waals surface area (Å²) in [6.07, 6.45) is 8.81. The van der Waals surface area contributed by atoms with Crippen LogP contribution in [-0.2, 0) is 35.6 Å². The molecule has 1 aliphatic carbocycles. The molecule has 7 aromatic rings. The van der Waals surface area contributed by atoms with E-state index in [0.717, 1.165) is 98.7 Å². The van der Waals surface area contributed by atoms with Gasteiger partial charge in [-0.1, -0.05) is 11.2 Å². The third-order valence-corrected chi connectivity index (χ3v) is 12.7. The van der Waals surface area contributed by atoms with Gasteiger partial charge in [-0.2, -0.15) is 5.10 Å². The lowest BCUT2D eigenvalue weighted by atomic mass is 9.97. The first-order valence-corrected chi connectivity index (χ1v) is 22.4. The quantitative estimate of drug-likeness (QED) is 0.0529. The average Bonchev–Trinajstić information content (AvgIpc) is 3.54. The number of H-pyrrole nitrogens is 1. The highest BCUT2D eigenvalue weighted by molar-refractivity contribution is 6.13. The summed E-state index contributed by atoms with van der Waals surface area (Å²) in [5, 5.41) is 23.2. The number of nitrogens with zero attached hydrogens (tertiary/aromatic N) is 8. The fourth-order valence-electron chi connectivity index (χ4n) is 9.20. The standard InChI is InChI=1S/C47H51N13O5/c1-5-60-38(21-35(56-60)28-12-13-28)52-43-41-32-19-25(2)31(40-26(3)57-65-27(40)4)20-36(32)51-42(41)54-44(55-43)46(63)49-16-7-9-29-22-58(24-50-29)18-8-17-48-34-11-6-10-30-33(34)23-59(47(30)64)37-14-15-39(61)53-45(37)62/h6,10-11,19-22,24,28,37,48H,5,7-9,12-18,23H2,1-4H3,(H,49,63)(H,53,61,62)(H2,51,52,54,55). The molecule has 1 saturated heterocycles. The van der Waals surface area contributed by atoms with Gasteiger partial charge in [0, 0.05) is 90.6 Å². The van der Waals surface area contributed by atoms with Crippen LogP contribution in [0.1, 0.15) is 106 Å². The molecule has 2 aliphatic heterocycles. The van der Waals surface area contributed by atoms with Gasteiger partial charge in [-0.3, -0.25) is 24.5 Å². The molecule has 10 rings (SSSR count). The minimum Gasteiger partial charge on any atom is -0.385 e. The van der Waals surface area contributed by atoms with Crippen LogP contribution in [0.25, 0.3) is 33.1 Å². The molecule has 65 heavy (non-hydrogen) atoms. The number of hydrogen-bond donors (Lipinski definition) is 5. The number of amides is 4. The normalized spacial score (nSPS) is 16.2. The maximum Gasteiger partial charge on any atom is 0.289 e. The predicted molar refractivity (Wildman–Crippen MR) is 243 cm³/mol. The molecular formula is C47H51N13O5. The van der Waals surface area contributed by atoms with Crippen molar-refractivity contribution in [2.75, 3.05) is 23.7 Å². The third-order valence-electron chi connectivity index (χ3n) is 12.7. The van der Waals surface area contributed by atoms with Crippen molar-refractivity contribution in [3.8, 4) is 11.1 Å². The SMILES string of the molecule is CCn1nc(C2CC2)cc1Nc1nc(C(=O)NCCCc2cn(CCCNc3cccc4c3CN(C3CCC(=O)NC3=O)C4=O)cn2)nc2[nH]c3cc(-c4c(C)noc4C)c(C)cc3c12. The van der Waals surface area contributed by atoms with E-state index in [1.165, 1.54) is 0 Å². The Hall–Kier alpha value is -7.37. The molecule has 0 spiro atoms. The third kappa shape index (κ3) is 8.08. The number of piperidine rings is 1. The molecular weight excluding hydrogens is 827 g/mol. The average molecular weight is 878 g/mol. The number of fused-ring (bicyclic) bond motifs is 4. The van der Waals surface area contributed by atoms with E-state index < -0.39 is 11.9 Å². The van der Waals surface area contributed by atoms with Gasteiger partial charge in [0.2, 0.25) is 17.6 Å². The van der Waals surface area contributed by atoms with Gasteiger partial charge in [0.05, 0.1) is 28.8 Å². The summed E-state index contributed by atoms with van der Waals surface area (Å²) in [7, 11) is 0. The first-order valence-electron chi connectivity index (χ1n) is 22.4. The molecule has 1 unspecified atom stereocenters. The van der Waals surface area contributed by atoms with Crippen molar-refractivity contribution in [2.45, 2.75) is 104 Å². The molecule has 18 heteroatoms. The molecule has 0 radical (unpaired) electrons. The van der Waals surface area contributed by atoms with Crippen molar-refractivity contribution < 1.29 is 23.7 Å². The number of anilines is 3. The predicted octanol–water partition coefficient (Wildman–Crippen LogP) is 6.35. The Morgan fingerprint density at radius 3 is 2.65 bits per heavy atom. The largest absolute Gasteiger partial charge is 0.385 e. The van der Waals surface area contributed by atoms with Crippen LogP contribution in [0.3, 0.4) is 0 Å². The molecule has 7 heterocycles. The van der Waals surface area contributed by atoms with Crippen molar-refractivity contribution in [3.05, 3.63) is 94.3 Å². The van der Waals surface area contributed by atoms with Gasteiger partial charge in [0.1, 0.15) is 29.1 Å². The van der Waals surface area contributed by atoms with E-state index in [1.54, 1.807) is 11.0 Å². The van der Waals surface area contributed by atoms with Crippen molar-refractivity contribution in [1.82, 2.24) is 55.0 Å². The molecule has 2 aromatic carbocycles. The molecule has 3 aliphatic rings. The number of carbonyl (C=O) groups excluding carboxylic acids is 4. The zero-order valence-corrected chi connectivity index (χ0v) is 36.9. The molecule has 334 valence electrons. The number of nitrogens with one attached hydrogen (secondary N) is 5. The highest BCUT2D eigenvalue weighted by Gasteiger charge is 2.40. The summed E-state index contributed by atoms with van der Waals surface area (Å²) >= 11 is 0. The molecule has 18 nitrogen and oxygen atoms in total. The highest BCUT2D eigenvalue weighted by Crippen LogP contribution is 2.42. The Balaban J connectivity index is 0.775. The first kappa shape index (κ1) is 41.6. The van der Waals surface area contributed by atoms with E-state index in [0.29, 0.717) is 68.4 Å². The lowest BCUT2D eigenvalue weighted by molar-refractivity contribution is -0.136. The molecule has 1 saturated carbocycles. The molecule has 4 amide bonds. The summed E-state index contributed by atoms with van der Waals surface area (Å²) in [5.74, 6) is 1.32. The number of benzene rings is 2. The zero-order chi connectivity index (χ0) is 44.9. The van der Waals surface area contributed by atoms with Crippen LogP contribution in [0.2, 0.25) is 0 Å². The fourth-order valence-corrected chi connectivity index (χ4v) is 9.20. The summed E-state index contributed by atoms with van der Waals surface area (Å²) in [5.41, 5.74) is 9.52. The van der Waals surface area contributed by atoms with Crippen LogP contribution in [0.4, 0.5) is 17.3 Å². The van der Waals surface area contributed by atoms with Gasteiger partial charge in [-0.15, -0.1) is 0 Å². The summed E-state index contributed by atoms with van der Waals surface area (Å²) < 4.78 is 9.49. The molecule has 2 fully saturated rings. The van der Waals surface area contributed by atoms with Crippen LogP contribution in [0.5, 0.6) is 0 Å². The van der Waals surface area contributed by atoms with Crippen LogP contribution < -0.4 is 21.3 Å². The van der Waals surface area contributed by atoms with Gasteiger partial charge in [0.15, 0.2) is 0 Å². The fraction of sp³-hybridized carbons (Fsp3) is 0.383. The molecule has 5 N–H and O–H groups in total. The Kier molecular flexibility index (Phi) is 10.9. The number of rotatable bonds is 16. The van der Waals surface area contributed by atoms with E-state index >= 15 is 0 Å². The monoisotopic (exact) mass is 877 g/mol. The Labute approximate surface area is 373 Å². The Morgan fingerprint density at radius 1 is 1.00 bits per heavy atom. The van der Waals surface area contributed by atoms with Gasteiger partial charge in [-0.05, 0) is 102 Å². The van der Waals surface area contributed by atoms with Crippen LogP contribution in [-0.4, -0.2) is 87.1 Å². The topological polar surface area (TPSA) is 223 Å². The van der Waals surface area contributed by atoms with E-state index in [1.807, 2.05) is 47.8 Å². The van der Waals surface area contributed by atoms with E-state index in [4.69, 9.17) is 19.6 Å². The number of hydrogen-bond acceptors (Lipinski definition) is 12. The van der Waals surface area contributed by atoms with Crippen LogP contribution in [0, 0.1) is 20.8 Å². The van der Waals surface area contributed by atoms with Gasteiger partial charge in [0.25, 0.3) is 11.8 Å². The van der Waals surface area contributed by atoms with Crippen molar-refractivity contribution in [3.63, 3.8) is 0 Å². The zero-order valence-electron chi connectivity index (χ0n) is 36.9. The second-order valence-corrected chi connectivity index (χ2v) is 17.3. The van der Waals surface area contributed by atoms with E-state index in [9.17, 15) is 19.2 Å². The smallest absolute Gasteiger partial charge is 0.289 e. The highest BCUT2D eigenvalue weighted by atomic mass is 16.5. The van der Waals surface area contributed by atoms with Crippen LogP contribution >= 0.6 is 0 Å². The lowest BCUT2D eigenvalue weighted by Gasteiger charge is -2.29. The molecule has 5 aromatic heterocycles. The van der Waals surface area contributed by atoms with Gasteiger partial charge in [-0.25, -0.2) is 19.6 Å².